The molecule has 23 heavy (non-hydrogen) atoms. The molecule has 0 spiro atoms. The van der Waals surface area contributed by atoms with E-state index in [-0.39, 0.29) is 28.9 Å². The Morgan fingerprint density at radius 1 is 1.43 bits per heavy atom. The van der Waals surface area contributed by atoms with E-state index in [4.69, 9.17) is 21.1 Å². The molecule has 1 aromatic carbocycles. The first kappa shape index (κ1) is 15.5. The Morgan fingerprint density at radius 2 is 2.17 bits per heavy atom. The van der Waals surface area contributed by atoms with Crippen molar-refractivity contribution < 1.29 is 18.7 Å². The first-order valence-electron chi connectivity index (χ1n) is 6.90. The largest absolute Gasteiger partial charge is 0.447 e. The van der Waals surface area contributed by atoms with Crippen LogP contribution in [0.2, 0.25) is 5.02 Å². The predicted molar refractivity (Wildman–Crippen MR) is 79.9 cm³/mol. The number of halogens is 2. The molecular formula is C15H13ClFN3O3. The fourth-order valence-corrected chi connectivity index (χ4v) is 2.25. The lowest BCUT2D eigenvalue weighted by atomic mass is 10.2. The van der Waals surface area contributed by atoms with Crippen LogP contribution in [0.25, 0.3) is 0 Å². The molecule has 0 bridgehead atoms. The van der Waals surface area contributed by atoms with Gasteiger partial charge in [-0.05, 0) is 25.1 Å². The van der Waals surface area contributed by atoms with E-state index in [1.165, 1.54) is 24.5 Å². The van der Waals surface area contributed by atoms with Gasteiger partial charge in [-0.2, -0.15) is 0 Å². The molecule has 6 nitrogen and oxygen atoms in total. The van der Waals surface area contributed by atoms with Gasteiger partial charge in [0.15, 0.2) is 11.6 Å². The lowest BCUT2D eigenvalue weighted by molar-refractivity contribution is 0.156. The van der Waals surface area contributed by atoms with E-state index in [0.29, 0.717) is 13.2 Å². The molecule has 1 aromatic heterocycles. The van der Waals surface area contributed by atoms with Crippen molar-refractivity contribution in [1.29, 1.82) is 0 Å². The average Bonchev–Trinajstić information content (AvgIpc) is 2.84. The van der Waals surface area contributed by atoms with Crippen molar-refractivity contribution in [3.05, 3.63) is 47.0 Å². The maximum atomic E-state index is 13.6. The Morgan fingerprint density at radius 3 is 2.78 bits per heavy atom. The lowest BCUT2D eigenvalue weighted by Crippen LogP contribution is -2.30. The number of benzene rings is 1. The van der Waals surface area contributed by atoms with Gasteiger partial charge in [-0.1, -0.05) is 11.6 Å². The van der Waals surface area contributed by atoms with Gasteiger partial charge in [0.05, 0.1) is 12.6 Å². The van der Waals surface area contributed by atoms with Gasteiger partial charge in [0.1, 0.15) is 6.61 Å². The van der Waals surface area contributed by atoms with Crippen LogP contribution in [0.4, 0.5) is 9.18 Å². The number of nitrogens with zero attached hydrogens (tertiary/aromatic N) is 3. The molecule has 1 atom stereocenters. The molecule has 1 amide bonds. The summed E-state index contributed by atoms with van der Waals surface area (Å²) in [4.78, 5) is 21.2. The van der Waals surface area contributed by atoms with Gasteiger partial charge < -0.3 is 9.47 Å². The van der Waals surface area contributed by atoms with Gasteiger partial charge in [0.2, 0.25) is 0 Å². The average molecular weight is 338 g/mol. The van der Waals surface area contributed by atoms with Gasteiger partial charge in [-0.3, -0.25) is 4.90 Å². The van der Waals surface area contributed by atoms with E-state index < -0.39 is 5.82 Å². The van der Waals surface area contributed by atoms with Crippen molar-refractivity contribution in [3.8, 4) is 11.8 Å². The number of rotatable bonds is 4. The molecule has 8 heteroatoms. The molecule has 0 saturated carbocycles. The van der Waals surface area contributed by atoms with Crippen molar-refractivity contribution in [2.45, 2.75) is 19.5 Å². The van der Waals surface area contributed by atoms with E-state index in [9.17, 15) is 9.18 Å². The number of carbonyl (C=O) groups excluding carboxylic acids is 1. The highest BCUT2D eigenvalue weighted by atomic mass is 35.5. The normalized spacial score (nSPS) is 17.3. The van der Waals surface area contributed by atoms with Crippen LogP contribution in [0.5, 0.6) is 11.8 Å². The molecule has 120 valence electrons. The first-order valence-corrected chi connectivity index (χ1v) is 7.28. The molecule has 0 radical (unpaired) electrons. The molecule has 1 aliphatic heterocycles. The van der Waals surface area contributed by atoms with E-state index in [1.807, 2.05) is 6.92 Å². The molecule has 1 saturated heterocycles. The van der Waals surface area contributed by atoms with Gasteiger partial charge in [0.25, 0.3) is 0 Å². The second-order valence-corrected chi connectivity index (χ2v) is 5.54. The van der Waals surface area contributed by atoms with Crippen molar-refractivity contribution in [2.24, 2.45) is 0 Å². The standard InChI is InChI=1S/C15H13ClFN3O3/c1-9-8-22-15(21)20(9)7-10-5-18-14(19-6-10)23-13-3-2-11(16)4-12(13)17/h2-6,9H,7-8H2,1H3/t9-/m0/s1. The van der Waals surface area contributed by atoms with E-state index >= 15 is 0 Å². The number of ether oxygens (including phenoxy) is 2. The van der Waals surface area contributed by atoms with E-state index in [2.05, 4.69) is 9.97 Å². The maximum Gasteiger partial charge on any atom is 0.410 e. The molecule has 0 unspecified atom stereocenters. The smallest absolute Gasteiger partial charge is 0.410 e. The molecule has 1 aliphatic rings. The van der Waals surface area contributed by atoms with E-state index in [0.717, 1.165) is 11.6 Å². The number of cyclic esters (lactones) is 1. The summed E-state index contributed by atoms with van der Waals surface area (Å²) in [6, 6.07) is 4.06. The van der Waals surface area contributed by atoms with Crippen molar-refractivity contribution in [3.63, 3.8) is 0 Å². The highest BCUT2D eigenvalue weighted by molar-refractivity contribution is 6.30. The molecule has 1 fully saturated rings. The lowest BCUT2D eigenvalue weighted by Gasteiger charge is -2.17. The van der Waals surface area contributed by atoms with Crippen molar-refractivity contribution >= 4 is 17.7 Å². The third-order valence-electron chi connectivity index (χ3n) is 3.34. The fraction of sp³-hybridized carbons (Fsp3) is 0.267. The summed E-state index contributed by atoms with van der Waals surface area (Å²) >= 11 is 5.68. The zero-order valence-electron chi connectivity index (χ0n) is 12.2. The van der Waals surface area contributed by atoms with Crippen LogP contribution in [-0.2, 0) is 11.3 Å². The zero-order valence-corrected chi connectivity index (χ0v) is 13.0. The summed E-state index contributed by atoms with van der Waals surface area (Å²) in [7, 11) is 0. The van der Waals surface area contributed by atoms with Crippen LogP contribution in [-0.4, -0.2) is 33.6 Å². The molecule has 0 aliphatic carbocycles. The van der Waals surface area contributed by atoms with Gasteiger partial charge >= 0.3 is 12.1 Å². The quantitative estimate of drug-likeness (QED) is 0.855. The number of carbonyl (C=O) groups is 1. The van der Waals surface area contributed by atoms with Crippen LogP contribution in [0.15, 0.2) is 30.6 Å². The number of amides is 1. The second-order valence-electron chi connectivity index (χ2n) is 5.10. The molecule has 0 N–H and O–H groups in total. The van der Waals surface area contributed by atoms with Crippen LogP contribution in [0.3, 0.4) is 0 Å². The minimum atomic E-state index is -0.598. The summed E-state index contributed by atoms with van der Waals surface area (Å²) in [5.41, 5.74) is 0.722. The van der Waals surface area contributed by atoms with Crippen LogP contribution in [0.1, 0.15) is 12.5 Å². The second kappa shape index (κ2) is 6.37. The fourth-order valence-electron chi connectivity index (χ4n) is 2.10. The molecule has 2 heterocycles. The minimum Gasteiger partial charge on any atom is -0.447 e. The summed E-state index contributed by atoms with van der Waals surface area (Å²) in [6.45, 7) is 2.61. The highest BCUT2D eigenvalue weighted by Gasteiger charge is 2.29. The molecule has 3 rings (SSSR count). The van der Waals surface area contributed by atoms with Crippen LogP contribution < -0.4 is 4.74 Å². The summed E-state index contributed by atoms with van der Waals surface area (Å²) in [5, 5.41) is 0.276. The Labute approximate surface area is 136 Å². The Balaban J connectivity index is 1.68. The third-order valence-corrected chi connectivity index (χ3v) is 3.58. The predicted octanol–water partition coefficient (Wildman–Crippen LogP) is 3.40. The number of hydrogen-bond acceptors (Lipinski definition) is 5. The highest BCUT2D eigenvalue weighted by Crippen LogP contribution is 2.24. The minimum absolute atomic E-state index is 0.00147. The Bertz CT molecular complexity index is 726. The SMILES string of the molecule is C[C@H]1COC(=O)N1Cc1cnc(Oc2ccc(Cl)cc2F)nc1. The number of hydrogen-bond donors (Lipinski definition) is 0. The molecule has 2 aromatic rings. The Kier molecular flexibility index (Phi) is 4.29. The zero-order chi connectivity index (χ0) is 16.4. The van der Waals surface area contributed by atoms with Crippen LogP contribution in [0, 0.1) is 5.82 Å². The van der Waals surface area contributed by atoms with Crippen LogP contribution >= 0.6 is 11.6 Å². The third kappa shape index (κ3) is 3.50. The topological polar surface area (TPSA) is 64.5 Å². The maximum absolute atomic E-state index is 13.6. The summed E-state index contributed by atoms with van der Waals surface area (Å²) in [6.07, 6.45) is 2.68. The first-order chi connectivity index (χ1) is 11.0. The van der Waals surface area contributed by atoms with Crippen molar-refractivity contribution in [2.75, 3.05) is 6.61 Å². The van der Waals surface area contributed by atoms with Crippen molar-refractivity contribution in [1.82, 2.24) is 14.9 Å². The monoisotopic (exact) mass is 337 g/mol. The van der Waals surface area contributed by atoms with E-state index in [1.54, 1.807) is 4.90 Å². The van der Waals surface area contributed by atoms with Gasteiger partial charge in [0, 0.05) is 23.0 Å². The van der Waals surface area contributed by atoms with Gasteiger partial charge in [-0.15, -0.1) is 0 Å². The number of aromatic nitrogens is 2. The Hall–Kier alpha value is -2.41. The summed E-state index contributed by atoms with van der Waals surface area (Å²) < 4.78 is 23.9. The summed E-state index contributed by atoms with van der Waals surface area (Å²) in [5.74, 6) is -0.613. The molecular weight excluding hydrogens is 325 g/mol. The van der Waals surface area contributed by atoms with Gasteiger partial charge in [-0.25, -0.2) is 19.2 Å².